The molecule has 0 aromatic carbocycles. The van der Waals surface area contributed by atoms with Crippen molar-refractivity contribution >= 4 is 23.5 Å². The van der Waals surface area contributed by atoms with Gasteiger partial charge in [-0.25, -0.2) is 0 Å². The van der Waals surface area contributed by atoms with Crippen molar-refractivity contribution in [3.05, 3.63) is 0 Å². The first kappa shape index (κ1) is 12.8. The summed E-state index contributed by atoms with van der Waals surface area (Å²) in [5.41, 5.74) is 0. The van der Waals surface area contributed by atoms with Crippen LogP contribution in [0.4, 0.5) is 0 Å². The van der Waals surface area contributed by atoms with E-state index in [1.54, 1.807) is 0 Å². The van der Waals surface area contributed by atoms with Crippen molar-refractivity contribution in [1.82, 2.24) is 0 Å². The average molecular weight is 232 g/mol. The van der Waals surface area contributed by atoms with Crippen LogP contribution in [0.2, 0.25) is 0 Å². The molecule has 14 heavy (non-hydrogen) atoms. The van der Waals surface area contributed by atoms with Crippen LogP contribution in [0, 0.1) is 5.92 Å². The van der Waals surface area contributed by atoms with Gasteiger partial charge in [0.1, 0.15) is 0 Å². The Morgan fingerprint density at radius 3 is 2.21 bits per heavy atom. The third-order valence-electron chi connectivity index (χ3n) is 3.03. The van der Waals surface area contributed by atoms with Gasteiger partial charge < -0.3 is 0 Å². The van der Waals surface area contributed by atoms with Crippen molar-refractivity contribution in [1.29, 1.82) is 0 Å². The highest BCUT2D eigenvalue weighted by Gasteiger charge is 2.37. The molecule has 0 aliphatic carbocycles. The molecule has 0 N–H and O–H groups in total. The van der Waals surface area contributed by atoms with E-state index in [9.17, 15) is 0 Å². The molecular formula is C12H24S2. The van der Waals surface area contributed by atoms with Crippen molar-refractivity contribution in [2.75, 3.05) is 11.5 Å². The molecule has 1 fully saturated rings. The molecule has 0 radical (unpaired) electrons. The smallest absolute Gasteiger partial charge is 0.0634 e. The summed E-state index contributed by atoms with van der Waals surface area (Å²) in [6.45, 7) is 7.08. The van der Waals surface area contributed by atoms with E-state index in [1.807, 2.05) is 0 Å². The number of rotatable bonds is 6. The second-order valence-corrected chi connectivity index (χ2v) is 7.58. The first-order valence-corrected chi connectivity index (χ1v) is 7.96. The predicted octanol–water partition coefficient (Wildman–Crippen LogP) is 4.79. The van der Waals surface area contributed by atoms with E-state index in [2.05, 4.69) is 44.3 Å². The van der Waals surface area contributed by atoms with E-state index < -0.39 is 0 Å². The highest BCUT2D eigenvalue weighted by Crippen LogP contribution is 2.52. The molecule has 1 saturated heterocycles. The maximum atomic E-state index is 2.39. The minimum Gasteiger partial charge on any atom is -0.143 e. The summed E-state index contributed by atoms with van der Waals surface area (Å²) in [5.74, 6) is 3.58. The fraction of sp³-hybridized carbons (Fsp3) is 1.00. The van der Waals surface area contributed by atoms with Crippen LogP contribution in [0.1, 0.15) is 52.9 Å². The molecule has 1 heterocycles. The molecule has 0 nitrogen and oxygen atoms in total. The lowest BCUT2D eigenvalue weighted by Gasteiger charge is -2.31. The van der Waals surface area contributed by atoms with E-state index in [-0.39, 0.29) is 0 Å². The third-order valence-corrected chi connectivity index (χ3v) is 7.14. The van der Waals surface area contributed by atoms with Gasteiger partial charge in [0, 0.05) is 11.5 Å². The van der Waals surface area contributed by atoms with Gasteiger partial charge in [-0.1, -0.05) is 46.5 Å². The van der Waals surface area contributed by atoms with Crippen LogP contribution in [-0.4, -0.2) is 15.6 Å². The van der Waals surface area contributed by atoms with Crippen molar-refractivity contribution in [2.45, 2.75) is 57.0 Å². The summed E-state index contributed by atoms with van der Waals surface area (Å²) in [6.07, 6.45) is 7.08. The number of thioether (sulfide) groups is 2. The zero-order valence-corrected chi connectivity index (χ0v) is 11.5. The first-order chi connectivity index (χ1) is 6.71. The van der Waals surface area contributed by atoms with Crippen LogP contribution in [0.5, 0.6) is 0 Å². The van der Waals surface area contributed by atoms with Gasteiger partial charge >= 0.3 is 0 Å². The molecule has 0 bridgehead atoms. The lowest BCUT2D eigenvalue weighted by Crippen LogP contribution is -2.24. The van der Waals surface area contributed by atoms with Crippen LogP contribution in [-0.2, 0) is 0 Å². The number of hydrogen-bond donors (Lipinski definition) is 0. The Bertz CT molecular complexity index is 148. The van der Waals surface area contributed by atoms with Gasteiger partial charge in [0.05, 0.1) is 4.08 Å². The topological polar surface area (TPSA) is 0 Å². The maximum Gasteiger partial charge on any atom is 0.0634 e. The molecule has 1 rings (SSSR count). The molecule has 1 aliphatic heterocycles. The Balaban J connectivity index is 2.29. The fourth-order valence-corrected chi connectivity index (χ4v) is 5.47. The largest absolute Gasteiger partial charge is 0.143 e. The van der Waals surface area contributed by atoms with E-state index in [1.165, 1.54) is 43.6 Å². The number of hydrogen-bond acceptors (Lipinski definition) is 2. The Morgan fingerprint density at radius 2 is 1.71 bits per heavy atom. The van der Waals surface area contributed by atoms with Gasteiger partial charge in [0.15, 0.2) is 0 Å². The summed E-state index contributed by atoms with van der Waals surface area (Å²) in [6, 6.07) is 0. The Kier molecular flexibility index (Phi) is 5.76. The van der Waals surface area contributed by atoms with Gasteiger partial charge in [-0.3, -0.25) is 0 Å². The van der Waals surface area contributed by atoms with Gasteiger partial charge in [0.25, 0.3) is 0 Å². The Labute approximate surface area is 98.0 Å². The predicted molar refractivity (Wildman–Crippen MR) is 71.2 cm³/mol. The molecule has 0 spiro atoms. The van der Waals surface area contributed by atoms with Crippen molar-refractivity contribution < 1.29 is 0 Å². The molecule has 0 saturated carbocycles. The minimum atomic E-state index is 0.577. The molecule has 84 valence electrons. The standard InChI is InChI=1S/C12H24S2/c1-4-5-6-7-8-12(11(2)3)13-9-10-14-12/h11H,4-10H2,1-3H3. The first-order valence-electron chi connectivity index (χ1n) is 5.99. The highest BCUT2D eigenvalue weighted by atomic mass is 32.2. The monoisotopic (exact) mass is 232 g/mol. The van der Waals surface area contributed by atoms with Crippen LogP contribution in [0.15, 0.2) is 0 Å². The molecule has 0 atom stereocenters. The average Bonchev–Trinajstić information content (AvgIpc) is 2.62. The Hall–Kier alpha value is 0.700. The van der Waals surface area contributed by atoms with Crippen LogP contribution in [0.3, 0.4) is 0 Å². The van der Waals surface area contributed by atoms with Crippen molar-refractivity contribution in [2.24, 2.45) is 5.92 Å². The van der Waals surface area contributed by atoms with Gasteiger partial charge in [0.2, 0.25) is 0 Å². The minimum absolute atomic E-state index is 0.577. The van der Waals surface area contributed by atoms with E-state index in [4.69, 9.17) is 0 Å². The molecule has 0 amide bonds. The molecule has 0 aromatic heterocycles. The zero-order chi connectivity index (χ0) is 10.4. The summed E-state index contributed by atoms with van der Waals surface area (Å²) in [4.78, 5) is 0. The van der Waals surface area contributed by atoms with Gasteiger partial charge in [-0.2, -0.15) is 0 Å². The lowest BCUT2D eigenvalue weighted by molar-refractivity contribution is 0.504. The van der Waals surface area contributed by atoms with Crippen molar-refractivity contribution in [3.8, 4) is 0 Å². The van der Waals surface area contributed by atoms with Gasteiger partial charge in [-0.05, 0) is 12.3 Å². The van der Waals surface area contributed by atoms with Crippen LogP contribution in [0.25, 0.3) is 0 Å². The highest BCUT2D eigenvalue weighted by molar-refractivity contribution is 8.21. The quantitative estimate of drug-likeness (QED) is 0.604. The van der Waals surface area contributed by atoms with E-state index in [0.29, 0.717) is 4.08 Å². The molecule has 0 aromatic rings. The summed E-state index contributed by atoms with van der Waals surface area (Å²) in [7, 11) is 0. The van der Waals surface area contributed by atoms with Crippen LogP contribution < -0.4 is 0 Å². The molecule has 0 unspecified atom stereocenters. The molecular weight excluding hydrogens is 208 g/mol. The third kappa shape index (κ3) is 3.37. The summed E-state index contributed by atoms with van der Waals surface area (Å²) < 4.78 is 0.577. The fourth-order valence-electron chi connectivity index (χ4n) is 2.04. The number of unbranched alkanes of at least 4 members (excludes halogenated alkanes) is 3. The van der Waals surface area contributed by atoms with Crippen molar-refractivity contribution in [3.63, 3.8) is 0 Å². The molecule has 2 heteroatoms. The van der Waals surface area contributed by atoms with E-state index >= 15 is 0 Å². The zero-order valence-electron chi connectivity index (χ0n) is 9.84. The molecule has 1 aliphatic rings. The van der Waals surface area contributed by atoms with Gasteiger partial charge in [-0.15, -0.1) is 23.5 Å². The van der Waals surface area contributed by atoms with E-state index in [0.717, 1.165) is 5.92 Å². The van der Waals surface area contributed by atoms with Crippen LogP contribution >= 0.6 is 23.5 Å². The maximum absolute atomic E-state index is 2.39. The summed E-state index contributed by atoms with van der Waals surface area (Å²) in [5, 5.41) is 0. The SMILES string of the molecule is CCCCCCC1(C(C)C)SCCS1. The lowest BCUT2D eigenvalue weighted by atomic mass is 10.0. The normalized spacial score (nSPS) is 20.6. The summed E-state index contributed by atoms with van der Waals surface area (Å²) >= 11 is 4.44. The Morgan fingerprint density at radius 1 is 1.07 bits per heavy atom. The second kappa shape index (κ2) is 6.32. The second-order valence-electron chi connectivity index (χ2n) is 4.47.